The van der Waals surface area contributed by atoms with Crippen LogP contribution in [0.2, 0.25) is 0 Å². The normalized spacial score (nSPS) is 21.3. The number of aromatic nitrogens is 3. The molecular weight excluding hydrogens is 773 g/mol. The molecule has 6 rings (SSSR count). The van der Waals surface area contributed by atoms with Crippen molar-refractivity contribution in [2.24, 2.45) is 23.7 Å². The van der Waals surface area contributed by atoms with E-state index in [2.05, 4.69) is 48.1 Å². The predicted molar refractivity (Wildman–Crippen MR) is 250 cm³/mol. The maximum Gasteiger partial charge on any atom is 2.00 e. The van der Waals surface area contributed by atoms with Crippen molar-refractivity contribution in [3.05, 3.63) is 102 Å². The van der Waals surface area contributed by atoms with Crippen LogP contribution in [0.4, 0.5) is 0 Å². The van der Waals surface area contributed by atoms with Crippen LogP contribution in [0.5, 0.6) is 0 Å². The Morgan fingerprint density at radius 1 is 0.902 bits per heavy atom. The van der Waals surface area contributed by atoms with Gasteiger partial charge in [-0.15, -0.1) is 33.5 Å². The molecule has 3 aromatic rings. The summed E-state index contributed by atoms with van der Waals surface area (Å²) in [6, 6.07) is 0. The minimum Gasteiger partial charge on any atom is -0.664 e. The Hall–Kier alpha value is -4.28. The van der Waals surface area contributed by atoms with Crippen LogP contribution < -0.4 is 25.7 Å². The second-order valence-corrected chi connectivity index (χ2v) is 16.6. The molecule has 1 saturated heterocycles. The monoisotopic (exact) mass is 841 g/mol. The van der Waals surface area contributed by atoms with E-state index >= 15 is 0 Å². The third-order valence-corrected chi connectivity index (χ3v) is 12.6. The minimum atomic E-state index is -1.22. The van der Waals surface area contributed by atoms with E-state index < -0.39 is 11.9 Å². The summed E-state index contributed by atoms with van der Waals surface area (Å²) in [6.45, 7) is 21.1. The van der Waals surface area contributed by atoms with Crippen LogP contribution >= 0.6 is 0 Å². The smallest absolute Gasteiger partial charge is 0.664 e. The first-order chi connectivity index (χ1) is 27.8. The molecule has 0 saturated carbocycles. The van der Waals surface area contributed by atoms with E-state index in [1.165, 1.54) is 44.8 Å². The van der Waals surface area contributed by atoms with E-state index in [-0.39, 0.29) is 74.5 Å². The molecule has 8 bridgehead atoms. The summed E-state index contributed by atoms with van der Waals surface area (Å²) < 4.78 is 11.0. The number of unbranched alkanes of at least 4 members (excludes halogenated alkanes) is 2. The van der Waals surface area contributed by atoms with Crippen LogP contribution in [-0.2, 0) is 25.5 Å². The summed E-state index contributed by atoms with van der Waals surface area (Å²) in [6.07, 6.45) is 19.5. The standard InChI is InChI=1S/C49H61N4O5.2CH4.Mg/c1-11-14-15-17-27(4)18-16-19-28(5)22-23-58-42(54)21-20-35-31(8)38-24-36-29(6)33(12-2)40(50-36)25-37-30(7)34(13-3)41(51-37)26-39-32(9)43-47(53-39)44(46(35)52-38)45(48(43)55)49(56)57-10;;;/h12,22,24-27,31,35,45H,2,11,13-21,23H2,1,3-10H3,(H-,52,53,55);2*1H4;/q-3;;;+2/p-1/b28-22+,37-25-,38-24-,41-26-;;;/t27-,31+,35+,45-;;;/m1.../s1. The fourth-order valence-corrected chi connectivity index (χ4v) is 8.99. The summed E-state index contributed by atoms with van der Waals surface area (Å²) >= 11 is 0. The minimum absolute atomic E-state index is 0. The number of fused-ring (bicyclic) bond motifs is 7. The second-order valence-electron chi connectivity index (χ2n) is 16.6. The van der Waals surface area contributed by atoms with Crippen LogP contribution in [0.25, 0.3) is 35.2 Å². The molecule has 3 aliphatic rings. The van der Waals surface area contributed by atoms with Crippen molar-refractivity contribution in [2.45, 2.75) is 134 Å². The second kappa shape index (κ2) is 22.2. The first kappa shape index (κ1) is 51.1. The van der Waals surface area contributed by atoms with Crippen molar-refractivity contribution in [3.63, 3.8) is 0 Å². The van der Waals surface area contributed by atoms with Crippen molar-refractivity contribution >= 4 is 70.7 Å². The number of nitrogens with zero attached hydrogens (tertiary/aromatic N) is 4. The molecule has 326 valence electrons. The van der Waals surface area contributed by atoms with Crippen LogP contribution in [0.15, 0.2) is 29.6 Å². The molecule has 0 radical (unpaired) electrons. The zero-order valence-electron chi connectivity index (χ0n) is 36.7. The number of methoxy groups -OCH3 is 1. The number of ether oxygens (including phenoxy) is 2. The molecule has 2 aliphatic heterocycles. The molecule has 1 aliphatic carbocycles. The number of Topliss-reactive ketones (excluding diaryl/α,β-unsaturated/α-hetero) is 1. The molecule has 0 aromatic carbocycles. The molecule has 0 N–H and O–H groups in total. The molecule has 4 atom stereocenters. The van der Waals surface area contributed by atoms with Gasteiger partial charge in [-0.05, 0) is 82.8 Å². The van der Waals surface area contributed by atoms with Gasteiger partial charge in [0.15, 0.2) is 5.78 Å². The van der Waals surface area contributed by atoms with Gasteiger partial charge in [-0.25, -0.2) is 0 Å². The van der Waals surface area contributed by atoms with Gasteiger partial charge in [0.05, 0.1) is 7.11 Å². The van der Waals surface area contributed by atoms with Crippen LogP contribution in [0.3, 0.4) is 0 Å². The van der Waals surface area contributed by atoms with E-state index in [1.54, 1.807) is 0 Å². The molecule has 0 spiro atoms. The zero-order valence-corrected chi connectivity index (χ0v) is 38.1. The van der Waals surface area contributed by atoms with Crippen molar-refractivity contribution in [3.8, 4) is 0 Å². The van der Waals surface area contributed by atoms with Gasteiger partial charge in [-0.1, -0.05) is 139 Å². The largest absolute Gasteiger partial charge is 2.00 e. The average Bonchev–Trinajstić information content (AvgIpc) is 3.94. The molecule has 1 fully saturated rings. The Morgan fingerprint density at radius 3 is 2.26 bits per heavy atom. The number of carbonyl (C=O) groups excluding carboxylic acids is 3. The Balaban J connectivity index is 0.00000331. The van der Waals surface area contributed by atoms with Crippen LogP contribution in [0, 0.1) is 44.4 Å². The Kier molecular flexibility index (Phi) is 18.6. The number of rotatable bonds is 16. The van der Waals surface area contributed by atoms with Gasteiger partial charge in [0.2, 0.25) is 0 Å². The van der Waals surface area contributed by atoms with Crippen molar-refractivity contribution in [1.82, 2.24) is 15.0 Å². The summed E-state index contributed by atoms with van der Waals surface area (Å²) in [4.78, 5) is 56.3. The van der Waals surface area contributed by atoms with E-state index in [9.17, 15) is 14.4 Å². The van der Waals surface area contributed by atoms with E-state index in [1.807, 2.05) is 44.2 Å². The zero-order chi connectivity index (χ0) is 41.8. The van der Waals surface area contributed by atoms with Gasteiger partial charge in [-0.3, -0.25) is 14.4 Å². The third kappa shape index (κ3) is 10.5. The molecule has 3 aromatic heterocycles. The number of carbonyl (C=O) groups is 3. The fraction of sp³-hybridized carbons (Fsp3) is 0.510. The Labute approximate surface area is 381 Å². The molecule has 61 heavy (non-hydrogen) atoms. The molecule has 10 heteroatoms. The van der Waals surface area contributed by atoms with Crippen LogP contribution in [0.1, 0.15) is 168 Å². The summed E-state index contributed by atoms with van der Waals surface area (Å²) in [5.74, 6) is -2.30. The number of esters is 2. The summed E-state index contributed by atoms with van der Waals surface area (Å²) in [5, 5.41) is 6.81. The third-order valence-electron chi connectivity index (χ3n) is 12.6. The quantitative estimate of drug-likeness (QED) is 0.0459. The first-order valence-electron chi connectivity index (χ1n) is 21.3. The maximum atomic E-state index is 14.3. The summed E-state index contributed by atoms with van der Waals surface area (Å²) in [5.41, 5.74) is 10.7. The molecular formula is C51H68MgN4O5-2. The molecule has 5 heterocycles. The fourth-order valence-electron chi connectivity index (χ4n) is 8.99. The Morgan fingerprint density at radius 2 is 1.59 bits per heavy atom. The van der Waals surface area contributed by atoms with Crippen LogP contribution in [-0.4, -0.2) is 54.5 Å². The first-order valence-corrected chi connectivity index (χ1v) is 21.3. The van der Waals surface area contributed by atoms with Crippen molar-refractivity contribution in [2.75, 3.05) is 13.7 Å². The Bertz CT molecular complexity index is 2310. The van der Waals surface area contributed by atoms with Crippen molar-refractivity contribution < 1.29 is 23.9 Å². The SMILES string of the molecule is C.C.C=Cc1c2[n-]c(c1C)/C=C1\[N-]/C(=C3\c4[n-]c(c(C)c4C(=O)[C@@H]3C(=O)OC)/C=c3\[n-]/c(c(C)c3CC)=C\2)[C@@H](CCC(=O)OC/C=C(\C)CCC[C@H](C)CCCCC)[C@@H]1C.[Mg+2]. The van der Waals surface area contributed by atoms with Gasteiger partial charge in [0.1, 0.15) is 12.5 Å². The van der Waals surface area contributed by atoms with E-state index in [4.69, 9.17) is 29.7 Å². The van der Waals surface area contributed by atoms with Gasteiger partial charge >= 0.3 is 35.0 Å². The number of allylic oxidation sites excluding steroid dienone is 3. The predicted octanol–water partition coefficient (Wildman–Crippen LogP) is 9.58. The number of ketones is 1. The average molecular weight is 841 g/mol. The summed E-state index contributed by atoms with van der Waals surface area (Å²) in [7, 11) is 1.29. The topological polar surface area (TPSA) is 126 Å². The van der Waals surface area contributed by atoms with E-state index in [0.717, 1.165) is 75.2 Å². The molecule has 9 nitrogen and oxygen atoms in total. The van der Waals surface area contributed by atoms with Gasteiger partial charge in [-0.2, -0.15) is 11.4 Å². The van der Waals surface area contributed by atoms with Crippen molar-refractivity contribution in [1.29, 1.82) is 0 Å². The maximum absolute atomic E-state index is 14.3. The van der Waals surface area contributed by atoms with E-state index in [0.29, 0.717) is 40.2 Å². The number of hydrogen-bond donors (Lipinski definition) is 0. The van der Waals surface area contributed by atoms with Gasteiger partial charge in [0.25, 0.3) is 0 Å². The number of hydrogen-bond acceptors (Lipinski definition) is 5. The molecule has 0 unspecified atom stereocenters. The molecule has 0 amide bonds. The van der Waals surface area contributed by atoms with Gasteiger partial charge < -0.3 is 29.7 Å². The van der Waals surface area contributed by atoms with Gasteiger partial charge in [0, 0.05) is 12.0 Å².